The lowest BCUT2D eigenvalue weighted by Gasteiger charge is -2.18. The van der Waals surface area contributed by atoms with E-state index < -0.39 is 6.10 Å². The minimum Gasteiger partial charge on any atom is -0.462 e. The molecule has 0 rings (SSSR count). The highest BCUT2D eigenvalue weighted by Gasteiger charge is 2.19. The van der Waals surface area contributed by atoms with Crippen LogP contribution in [0.15, 0.2) is 97.2 Å². The molecule has 78 heavy (non-hydrogen) atoms. The number of rotatable bonds is 60. The smallest absolute Gasteiger partial charge is 0.306 e. The maximum Gasteiger partial charge on any atom is 0.306 e. The molecule has 6 nitrogen and oxygen atoms in total. The third kappa shape index (κ3) is 63.2. The van der Waals surface area contributed by atoms with Gasteiger partial charge in [-0.25, -0.2) is 0 Å². The van der Waals surface area contributed by atoms with E-state index in [9.17, 15) is 14.4 Å². The van der Waals surface area contributed by atoms with Crippen molar-refractivity contribution in [3.8, 4) is 0 Å². The Morgan fingerprint density at radius 3 is 0.782 bits per heavy atom. The van der Waals surface area contributed by atoms with Gasteiger partial charge in [0.15, 0.2) is 6.10 Å². The Kier molecular flexibility index (Phi) is 62.7. The lowest BCUT2D eigenvalue weighted by molar-refractivity contribution is -0.167. The molecule has 0 amide bonds. The summed E-state index contributed by atoms with van der Waals surface area (Å²) in [6.07, 6.45) is 89.0. The highest BCUT2D eigenvalue weighted by Crippen LogP contribution is 2.17. The zero-order valence-corrected chi connectivity index (χ0v) is 51.4. The quantitative estimate of drug-likeness (QED) is 0.0261. The summed E-state index contributed by atoms with van der Waals surface area (Å²) in [5.74, 6) is -0.903. The van der Waals surface area contributed by atoms with Gasteiger partial charge in [0.05, 0.1) is 0 Å². The predicted molar refractivity (Wildman–Crippen MR) is 339 cm³/mol. The van der Waals surface area contributed by atoms with Gasteiger partial charge < -0.3 is 14.2 Å². The van der Waals surface area contributed by atoms with E-state index in [-0.39, 0.29) is 31.1 Å². The van der Waals surface area contributed by atoms with Crippen LogP contribution in [0, 0.1) is 0 Å². The minimum absolute atomic E-state index is 0.0831. The van der Waals surface area contributed by atoms with Crippen LogP contribution in [0.4, 0.5) is 0 Å². The Morgan fingerprint density at radius 1 is 0.269 bits per heavy atom. The van der Waals surface area contributed by atoms with E-state index in [1.165, 1.54) is 161 Å². The van der Waals surface area contributed by atoms with Crippen molar-refractivity contribution in [3.05, 3.63) is 97.2 Å². The van der Waals surface area contributed by atoms with Crippen molar-refractivity contribution in [3.63, 3.8) is 0 Å². The predicted octanol–water partition coefficient (Wildman–Crippen LogP) is 22.8. The Morgan fingerprint density at radius 2 is 0.500 bits per heavy atom. The second kappa shape index (κ2) is 65.8. The Labute approximate surface area is 483 Å². The first kappa shape index (κ1) is 74.3. The maximum absolute atomic E-state index is 12.8. The molecule has 0 saturated heterocycles. The molecule has 0 heterocycles. The van der Waals surface area contributed by atoms with Gasteiger partial charge in [0, 0.05) is 19.3 Å². The number of hydrogen-bond donors (Lipinski definition) is 0. The van der Waals surface area contributed by atoms with Gasteiger partial charge in [-0.2, -0.15) is 0 Å². The van der Waals surface area contributed by atoms with E-state index in [0.29, 0.717) is 19.3 Å². The molecule has 448 valence electrons. The van der Waals surface area contributed by atoms with Gasteiger partial charge in [0.25, 0.3) is 0 Å². The first-order valence-corrected chi connectivity index (χ1v) is 33.2. The summed E-state index contributed by atoms with van der Waals surface area (Å²) in [7, 11) is 0. The molecule has 0 aromatic heterocycles. The second-order valence-corrected chi connectivity index (χ2v) is 22.0. The molecule has 0 spiro atoms. The molecule has 0 aromatic rings. The summed E-state index contributed by atoms with van der Waals surface area (Å²) in [5, 5.41) is 0. The molecule has 6 heteroatoms. The molecule has 0 aromatic carbocycles. The van der Waals surface area contributed by atoms with E-state index in [2.05, 4.69) is 118 Å². The van der Waals surface area contributed by atoms with E-state index in [4.69, 9.17) is 14.2 Å². The zero-order valence-electron chi connectivity index (χ0n) is 51.4. The maximum atomic E-state index is 12.8. The summed E-state index contributed by atoms with van der Waals surface area (Å²) in [6.45, 7) is 6.46. The highest BCUT2D eigenvalue weighted by molar-refractivity contribution is 5.71. The van der Waals surface area contributed by atoms with Crippen LogP contribution in [0.1, 0.15) is 323 Å². The second-order valence-electron chi connectivity index (χ2n) is 22.0. The van der Waals surface area contributed by atoms with Crippen LogP contribution in [0.3, 0.4) is 0 Å². The zero-order chi connectivity index (χ0) is 56.4. The Balaban J connectivity index is 4.03. The van der Waals surface area contributed by atoms with Crippen molar-refractivity contribution in [1.82, 2.24) is 0 Å². The van der Waals surface area contributed by atoms with Gasteiger partial charge in [-0.1, -0.05) is 298 Å². The lowest BCUT2D eigenvalue weighted by Crippen LogP contribution is -2.30. The normalized spacial score (nSPS) is 12.7. The monoisotopic (exact) mass is 1080 g/mol. The molecule has 0 radical (unpaired) electrons. The topological polar surface area (TPSA) is 78.9 Å². The van der Waals surface area contributed by atoms with Gasteiger partial charge in [0.1, 0.15) is 13.2 Å². The molecule has 0 bridgehead atoms. The average molecular weight is 1090 g/mol. The number of carbonyl (C=O) groups excluding carboxylic acids is 3. The van der Waals surface area contributed by atoms with Crippen LogP contribution in [0.2, 0.25) is 0 Å². The fraction of sp³-hybridized carbons (Fsp3) is 0.736. The third-order valence-corrected chi connectivity index (χ3v) is 14.3. The third-order valence-electron chi connectivity index (χ3n) is 14.3. The van der Waals surface area contributed by atoms with Crippen molar-refractivity contribution in [1.29, 1.82) is 0 Å². The van der Waals surface area contributed by atoms with Gasteiger partial charge in [-0.3, -0.25) is 14.4 Å². The molecule has 1 unspecified atom stereocenters. The standard InChI is InChI=1S/C72H124O6/c1-4-7-10-13-16-18-20-22-24-26-28-30-31-32-33-34-35-36-37-38-39-40-41-43-44-46-48-50-52-54-56-59-62-65-71(74)77-68-69(67-76-70(73)64-61-58-15-12-9-6-3)78-72(75)66-63-60-57-55-53-51-49-47-45-42-29-27-25-23-21-19-17-14-11-8-5-2/h8,11,17,19-20,22-23,25-26,28-29,31-32,42,47,49,69H,4-7,9-10,12-16,18,21,24,27,30,33-41,43-46,48,50-68H2,1-3H3/b11-8-,19-17-,22-20-,25-23-,28-26-,32-31-,42-29-,49-47-. The van der Waals surface area contributed by atoms with Gasteiger partial charge >= 0.3 is 17.9 Å². The summed E-state index contributed by atoms with van der Waals surface area (Å²) in [5.41, 5.74) is 0. The molecule has 0 aliphatic heterocycles. The largest absolute Gasteiger partial charge is 0.462 e. The number of ether oxygens (including phenoxy) is 3. The number of carbonyl (C=O) groups is 3. The molecule has 0 saturated carbocycles. The number of allylic oxidation sites excluding steroid dienone is 16. The van der Waals surface area contributed by atoms with Gasteiger partial charge in [-0.05, 0) is 103 Å². The van der Waals surface area contributed by atoms with Crippen LogP contribution in [0.25, 0.3) is 0 Å². The molecular formula is C72H124O6. The molecule has 0 N–H and O–H groups in total. The van der Waals surface area contributed by atoms with E-state index in [0.717, 1.165) is 122 Å². The van der Waals surface area contributed by atoms with Crippen molar-refractivity contribution in [2.75, 3.05) is 13.2 Å². The summed E-state index contributed by atoms with van der Waals surface area (Å²) in [6, 6.07) is 0. The number of esters is 3. The Hall–Kier alpha value is -3.67. The van der Waals surface area contributed by atoms with Crippen LogP contribution >= 0.6 is 0 Å². The SMILES string of the molecule is CC/C=C\C/C=C\C/C=C\C/C=C\C/C=C\CCCCCCCC(=O)OC(COC(=O)CCCCCCCC)COC(=O)CCCCCCCCCCCCCCCCCCCC/C=C\C/C=C\C/C=C\CCCCCCC. The highest BCUT2D eigenvalue weighted by atomic mass is 16.6. The van der Waals surface area contributed by atoms with Crippen LogP contribution < -0.4 is 0 Å². The number of hydrogen-bond acceptors (Lipinski definition) is 6. The van der Waals surface area contributed by atoms with Crippen molar-refractivity contribution in [2.24, 2.45) is 0 Å². The van der Waals surface area contributed by atoms with E-state index in [1.54, 1.807) is 0 Å². The van der Waals surface area contributed by atoms with Crippen LogP contribution in [-0.2, 0) is 28.6 Å². The van der Waals surface area contributed by atoms with Crippen LogP contribution in [0.5, 0.6) is 0 Å². The summed E-state index contributed by atoms with van der Waals surface area (Å²) in [4.78, 5) is 38.0. The van der Waals surface area contributed by atoms with Gasteiger partial charge in [-0.15, -0.1) is 0 Å². The van der Waals surface area contributed by atoms with Gasteiger partial charge in [0.2, 0.25) is 0 Å². The molecule has 1 atom stereocenters. The fourth-order valence-corrected chi connectivity index (χ4v) is 9.36. The first-order valence-electron chi connectivity index (χ1n) is 33.2. The fourth-order valence-electron chi connectivity index (χ4n) is 9.36. The molecule has 0 aliphatic carbocycles. The summed E-state index contributed by atoms with van der Waals surface area (Å²) >= 11 is 0. The Bertz CT molecular complexity index is 1530. The molecule has 0 aliphatic rings. The minimum atomic E-state index is -0.785. The van der Waals surface area contributed by atoms with Crippen molar-refractivity contribution in [2.45, 2.75) is 329 Å². The van der Waals surface area contributed by atoms with Crippen molar-refractivity contribution >= 4 is 17.9 Å². The first-order chi connectivity index (χ1) is 38.5. The van der Waals surface area contributed by atoms with Crippen LogP contribution in [-0.4, -0.2) is 37.2 Å². The number of unbranched alkanes of at least 4 members (excludes halogenated alkanes) is 33. The lowest BCUT2D eigenvalue weighted by atomic mass is 10.0. The van der Waals surface area contributed by atoms with E-state index in [1.807, 2.05) is 0 Å². The molecular weight excluding hydrogens is 961 g/mol. The molecule has 0 fully saturated rings. The van der Waals surface area contributed by atoms with Crippen molar-refractivity contribution < 1.29 is 28.6 Å². The van der Waals surface area contributed by atoms with E-state index >= 15 is 0 Å². The summed E-state index contributed by atoms with van der Waals surface area (Å²) < 4.78 is 16.8. The average Bonchev–Trinajstić information content (AvgIpc) is 3.44.